The van der Waals surface area contributed by atoms with Gasteiger partial charge in [0, 0.05) is 5.69 Å². The van der Waals surface area contributed by atoms with E-state index < -0.39 is 0 Å². The lowest BCUT2D eigenvalue weighted by atomic mass is 9.73. The number of benzene rings is 1. The van der Waals surface area contributed by atoms with Crippen LogP contribution in [0.4, 0.5) is 10.5 Å². The highest BCUT2D eigenvalue weighted by Gasteiger charge is 2.05. The molecule has 0 fully saturated rings. The van der Waals surface area contributed by atoms with Crippen LogP contribution >= 0.6 is 0 Å². The van der Waals surface area contributed by atoms with Gasteiger partial charge in [-0.25, -0.2) is 0 Å². The van der Waals surface area contributed by atoms with Gasteiger partial charge in [-0.3, -0.25) is 4.79 Å². The second-order valence-electron chi connectivity index (χ2n) is 4.92. The maximum Gasteiger partial charge on any atom is 0.260 e. The van der Waals surface area contributed by atoms with Crippen molar-refractivity contribution >= 4 is 18.8 Å². The summed E-state index contributed by atoms with van der Waals surface area (Å²) < 4.78 is 5.22. The number of anilines is 1. The number of carbonyl (C=O) groups is 1. The normalized spacial score (nSPS) is 10.2. The van der Waals surface area contributed by atoms with E-state index in [0.717, 1.165) is 24.0 Å². The number of nitrogen functional groups attached to an aromatic ring is 1. The van der Waals surface area contributed by atoms with E-state index in [1.54, 1.807) is 0 Å². The highest BCUT2D eigenvalue weighted by molar-refractivity contribution is 6.71. The Balaban J connectivity index is 2.06. The molecule has 0 spiro atoms. The van der Waals surface area contributed by atoms with Gasteiger partial charge in [0.1, 0.15) is 6.61 Å². The van der Waals surface area contributed by atoms with E-state index in [2.05, 4.69) is 6.92 Å². The summed E-state index contributed by atoms with van der Waals surface area (Å²) in [5.41, 5.74) is 7.29. The third-order valence-electron chi connectivity index (χ3n) is 3.11. The summed E-state index contributed by atoms with van der Waals surface area (Å²) in [4.78, 5) is 11.5. The van der Waals surface area contributed by atoms with Crippen LogP contribution in [-0.4, -0.2) is 13.1 Å². The van der Waals surface area contributed by atoms with Gasteiger partial charge in [0.05, 0.1) is 0 Å². The van der Waals surface area contributed by atoms with E-state index in [1.807, 2.05) is 24.3 Å². The largest absolute Gasteiger partial charge is 0.469 e. The van der Waals surface area contributed by atoms with Crippen LogP contribution in [0.1, 0.15) is 44.6 Å². The van der Waals surface area contributed by atoms with E-state index in [-0.39, 0.29) is 5.87 Å². The second kappa shape index (κ2) is 9.48. The molecule has 104 valence electrons. The Hall–Kier alpha value is -1.45. The van der Waals surface area contributed by atoms with Crippen LogP contribution in [0.2, 0.25) is 6.32 Å². The molecule has 19 heavy (non-hydrogen) atoms. The average molecular weight is 261 g/mol. The zero-order valence-electron chi connectivity index (χ0n) is 11.9. The van der Waals surface area contributed by atoms with Crippen molar-refractivity contribution in [2.24, 2.45) is 0 Å². The third-order valence-corrected chi connectivity index (χ3v) is 3.11. The molecule has 0 aromatic heterocycles. The Morgan fingerprint density at radius 3 is 2.53 bits per heavy atom. The Bertz CT molecular complexity index is 365. The third kappa shape index (κ3) is 7.55. The summed E-state index contributed by atoms with van der Waals surface area (Å²) in [6.07, 6.45) is 7.10. The molecule has 0 unspecified atom stereocenters. The molecular formula is C15H24BNO2. The van der Waals surface area contributed by atoms with Crippen LogP contribution in [0.3, 0.4) is 0 Å². The molecule has 3 nitrogen and oxygen atoms in total. The number of ether oxygens (including phenoxy) is 1. The van der Waals surface area contributed by atoms with Crippen molar-refractivity contribution in [1.29, 1.82) is 0 Å². The van der Waals surface area contributed by atoms with Crippen LogP contribution in [-0.2, 0) is 11.3 Å². The highest BCUT2D eigenvalue weighted by Crippen LogP contribution is 2.08. The van der Waals surface area contributed by atoms with Gasteiger partial charge in [-0.1, -0.05) is 57.5 Å². The standard InChI is InChI=1S/C15H24BNO2/c1-2-3-4-5-6-11-16-15(18)19-12-13-7-9-14(17)10-8-13/h7-10,16H,2-6,11-12,17H2,1H3. The SMILES string of the molecule is CCCCCCCBC(=O)OCc1ccc(N)cc1. The highest BCUT2D eigenvalue weighted by atomic mass is 16.5. The molecule has 0 amide bonds. The summed E-state index contributed by atoms with van der Waals surface area (Å²) in [5.74, 6) is -0.104. The van der Waals surface area contributed by atoms with Crippen LogP contribution < -0.4 is 5.73 Å². The molecule has 0 aliphatic rings. The monoisotopic (exact) mass is 261 g/mol. The first-order valence-corrected chi connectivity index (χ1v) is 7.22. The first-order valence-electron chi connectivity index (χ1n) is 7.22. The molecule has 0 saturated heterocycles. The summed E-state index contributed by atoms with van der Waals surface area (Å²) >= 11 is 0. The van der Waals surface area contributed by atoms with Crippen molar-refractivity contribution < 1.29 is 9.53 Å². The molecular weight excluding hydrogens is 237 g/mol. The summed E-state index contributed by atoms with van der Waals surface area (Å²) in [6, 6.07) is 7.40. The first-order chi connectivity index (χ1) is 9.22. The minimum atomic E-state index is -0.104. The number of hydrogen-bond donors (Lipinski definition) is 1. The van der Waals surface area contributed by atoms with E-state index in [9.17, 15) is 4.79 Å². The number of hydrogen-bond acceptors (Lipinski definition) is 3. The van der Waals surface area contributed by atoms with Gasteiger partial charge in [0.15, 0.2) is 0 Å². The number of nitrogens with two attached hydrogens (primary N) is 1. The lowest BCUT2D eigenvalue weighted by Crippen LogP contribution is -2.11. The molecule has 0 heterocycles. The number of rotatable bonds is 9. The lowest BCUT2D eigenvalue weighted by molar-refractivity contribution is 0.166. The molecule has 4 heteroatoms. The fraction of sp³-hybridized carbons (Fsp3) is 0.533. The fourth-order valence-electron chi connectivity index (χ4n) is 1.90. The van der Waals surface area contributed by atoms with Crippen molar-refractivity contribution in [3.05, 3.63) is 29.8 Å². The summed E-state index contributed by atoms with van der Waals surface area (Å²) in [7, 11) is 0.529. The van der Waals surface area contributed by atoms with Gasteiger partial charge >= 0.3 is 0 Å². The Labute approximate surface area is 116 Å². The molecule has 0 radical (unpaired) electrons. The van der Waals surface area contributed by atoms with Gasteiger partial charge in [-0.05, 0) is 17.7 Å². The molecule has 0 atom stereocenters. The van der Waals surface area contributed by atoms with Crippen LogP contribution in [0.15, 0.2) is 24.3 Å². The van der Waals surface area contributed by atoms with Crippen molar-refractivity contribution in [2.75, 3.05) is 5.73 Å². The zero-order chi connectivity index (χ0) is 13.9. The van der Waals surface area contributed by atoms with E-state index in [1.165, 1.54) is 25.7 Å². The molecule has 0 saturated carbocycles. The minimum absolute atomic E-state index is 0.104. The van der Waals surface area contributed by atoms with Crippen LogP contribution in [0, 0.1) is 0 Å². The molecule has 0 bridgehead atoms. The Kier molecular flexibility index (Phi) is 7.79. The summed E-state index contributed by atoms with van der Waals surface area (Å²) in [5, 5.41) is 0. The maximum atomic E-state index is 11.5. The Morgan fingerprint density at radius 1 is 1.16 bits per heavy atom. The van der Waals surface area contributed by atoms with Gasteiger partial charge in [0.2, 0.25) is 5.87 Å². The lowest BCUT2D eigenvalue weighted by Gasteiger charge is -2.05. The predicted octanol–water partition coefficient (Wildman–Crippen LogP) is 3.73. The van der Waals surface area contributed by atoms with E-state index in [0.29, 0.717) is 13.9 Å². The maximum absolute atomic E-state index is 11.5. The zero-order valence-corrected chi connectivity index (χ0v) is 11.9. The quantitative estimate of drug-likeness (QED) is 0.418. The van der Waals surface area contributed by atoms with E-state index in [4.69, 9.17) is 10.5 Å². The summed E-state index contributed by atoms with van der Waals surface area (Å²) in [6.45, 7) is 2.55. The molecule has 1 aromatic rings. The van der Waals surface area contributed by atoms with Gasteiger partial charge in [-0.15, -0.1) is 0 Å². The number of unbranched alkanes of at least 4 members (excludes halogenated alkanes) is 4. The van der Waals surface area contributed by atoms with Crippen LogP contribution in [0.5, 0.6) is 0 Å². The molecule has 0 aliphatic heterocycles. The van der Waals surface area contributed by atoms with Crippen molar-refractivity contribution in [3.63, 3.8) is 0 Å². The second-order valence-corrected chi connectivity index (χ2v) is 4.92. The topological polar surface area (TPSA) is 52.3 Å². The van der Waals surface area contributed by atoms with Crippen LogP contribution in [0.25, 0.3) is 0 Å². The van der Waals surface area contributed by atoms with Crippen molar-refractivity contribution in [3.8, 4) is 0 Å². The van der Waals surface area contributed by atoms with Gasteiger partial charge < -0.3 is 10.5 Å². The fourth-order valence-corrected chi connectivity index (χ4v) is 1.90. The molecule has 1 aromatic carbocycles. The van der Waals surface area contributed by atoms with Gasteiger partial charge in [0.25, 0.3) is 7.28 Å². The van der Waals surface area contributed by atoms with Crippen molar-refractivity contribution in [2.45, 2.75) is 52.0 Å². The number of carbonyl (C=O) groups excluding carboxylic acids is 1. The Morgan fingerprint density at radius 2 is 1.84 bits per heavy atom. The van der Waals surface area contributed by atoms with Crippen molar-refractivity contribution in [1.82, 2.24) is 0 Å². The van der Waals surface area contributed by atoms with E-state index >= 15 is 0 Å². The average Bonchev–Trinajstić information content (AvgIpc) is 2.42. The molecule has 0 aliphatic carbocycles. The molecule has 2 N–H and O–H groups in total. The minimum Gasteiger partial charge on any atom is -0.469 e. The van der Waals surface area contributed by atoms with Gasteiger partial charge in [-0.2, -0.15) is 0 Å². The molecule has 1 rings (SSSR count). The predicted molar refractivity (Wildman–Crippen MR) is 81.8 cm³/mol. The smallest absolute Gasteiger partial charge is 0.260 e. The first kappa shape index (κ1) is 15.6.